The number of aromatic nitrogens is 2. The summed E-state index contributed by atoms with van der Waals surface area (Å²) in [6, 6.07) is 0. The maximum absolute atomic E-state index is 11.7. The molecule has 124 valence electrons. The lowest BCUT2D eigenvalue weighted by Gasteiger charge is -2.16. The third kappa shape index (κ3) is 3.90. The first-order chi connectivity index (χ1) is 10.2. The molecule has 0 spiro atoms. The number of H-pyrrole nitrogens is 1. The van der Waals surface area contributed by atoms with E-state index in [0.717, 1.165) is 10.8 Å². The van der Waals surface area contributed by atoms with Crippen molar-refractivity contribution in [1.82, 2.24) is 9.55 Å². The highest BCUT2D eigenvalue weighted by molar-refractivity contribution is 7.46. The first-order valence-electron chi connectivity index (χ1n) is 6.20. The summed E-state index contributed by atoms with van der Waals surface area (Å²) in [6.07, 6.45) is -2.08. The van der Waals surface area contributed by atoms with Crippen molar-refractivity contribution in [2.45, 2.75) is 31.5 Å². The van der Waals surface area contributed by atoms with Crippen LogP contribution in [-0.4, -0.2) is 48.4 Å². The van der Waals surface area contributed by atoms with E-state index in [9.17, 15) is 19.3 Å². The van der Waals surface area contributed by atoms with E-state index in [1.807, 2.05) is 4.98 Å². The minimum absolute atomic E-state index is 0.0496. The predicted octanol–water partition coefficient (Wildman–Crippen LogP) is -2.21. The maximum Gasteiger partial charge on any atom is 0.469 e. The van der Waals surface area contributed by atoms with Gasteiger partial charge in [0.05, 0.1) is 24.9 Å². The Morgan fingerprint density at radius 1 is 1.45 bits per heavy atom. The molecular formula is C10H15N2O9P. The third-order valence-electron chi connectivity index (χ3n) is 3.13. The number of aliphatic hydroxyl groups excluding tert-OH is 2. The topological polar surface area (TPSA) is 171 Å². The average molecular weight is 338 g/mol. The quantitative estimate of drug-likeness (QED) is 0.373. The second kappa shape index (κ2) is 6.42. The van der Waals surface area contributed by atoms with E-state index in [0.29, 0.717) is 0 Å². The molecule has 2 heterocycles. The summed E-state index contributed by atoms with van der Waals surface area (Å²) in [6.45, 7) is -1.15. The third-order valence-corrected chi connectivity index (χ3v) is 3.62. The van der Waals surface area contributed by atoms with Crippen molar-refractivity contribution in [3.8, 4) is 0 Å². The van der Waals surface area contributed by atoms with Crippen molar-refractivity contribution >= 4 is 7.82 Å². The highest BCUT2D eigenvalue weighted by atomic mass is 31.2. The zero-order valence-corrected chi connectivity index (χ0v) is 12.0. The van der Waals surface area contributed by atoms with Gasteiger partial charge < -0.3 is 24.7 Å². The predicted molar refractivity (Wildman–Crippen MR) is 69.8 cm³/mol. The Labute approximate surface area is 123 Å². The van der Waals surface area contributed by atoms with Gasteiger partial charge in [-0.2, -0.15) is 0 Å². The van der Waals surface area contributed by atoms with Gasteiger partial charge in [0.15, 0.2) is 0 Å². The number of phosphoric acid groups is 1. The standard InChI is InChI=1S/C10H15N2O9P/c13-3-5-2-12(10(16)11-9(5)15)8-1-6(14)7(21-8)4-20-22(17,18)19/h2,6-8,13-14H,1,3-4H2,(H,11,15,16)(H2,17,18,19)/t6-,7+,8-/m0/s1. The number of nitrogens with zero attached hydrogens (tertiary/aromatic N) is 1. The van der Waals surface area contributed by atoms with E-state index in [2.05, 4.69) is 4.52 Å². The van der Waals surface area contributed by atoms with Gasteiger partial charge in [-0.1, -0.05) is 0 Å². The molecule has 1 saturated heterocycles. The first kappa shape index (κ1) is 17.0. The minimum atomic E-state index is -4.71. The Morgan fingerprint density at radius 2 is 2.14 bits per heavy atom. The molecule has 22 heavy (non-hydrogen) atoms. The summed E-state index contributed by atoms with van der Waals surface area (Å²) < 4.78 is 21.2. The van der Waals surface area contributed by atoms with Crippen LogP contribution < -0.4 is 11.2 Å². The maximum atomic E-state index is 11.7. The van der Waals surface area contributed by atoms with Gasteiger partial charge in [-0.15, -0.1) is 0 Å². The Kier molecular flexibility index (Phi) is 4.97. The molecule has 0 bridgehead atoms. The van der Waals surface area contributed by atoms with Gasteiger partial charge in [-0.3, -0.25) is 18.9 Å². The van der Waals surface area contributed by atoms with E-state index in [1.165, 1.54) is 0 Å². The van der Waals surface area contributed by atoms with Crippen molar-refractivity contribution in [3.63, 3.8) is 0 Å². The van der Waals surface area contributed by atoms with Crippen LogP contribution in [-0.2, 0) is 20.4 Å². The van der Waals surface area contributed by atoms with Gasteiger partial charge in [0.1, 0.15) is 12.3 Å². The molecule has 1 aliphatic heterocycles. The number of rotatable bonds is 5. The molecule has 1 aromatic heterocycles. The van der Waals surface area contributed by atoms with Crippen LogP contribution in [0.15, 0.2) is 15.8 Å². The van der Waals surface area contributed by atoms with Crippen molar-refractivity contribution in [2.24, 2.45) is 0 Å². The van der Waals surface area contributed by atoms with Crippen LogP contribution in [0.25, 0.3) is 0 Å². The Balaban J connectivity index is 2.17. The molecule has 1 aliphatic rings. The lowest BCUT2D eigenvalue weighted by atomic mass is 10.2. The van der Waals surface area contributed by atoms with Gasteiger partial charge in [-0.25, -0.2) is 9.36 Å². The number of nitrogens with one attached hydrogen (secondary N) is 1. The van der Waals surface area contributed by atoms with Crippen LogP contribution in [0.1, 0.15) is 18.2 Å². The average Bonchev–Trinajstić information content (AvgIpc) is 2.77. The molecule has 11 nitrogen and oxygen atoms in total. The number of aliphatic hydroxyl groups is 2. The van der Waals surface area contributed by atoms with Crippen LogP contribution in [0.5, 0.6) is 0 Å². The van der Waals surface area contributed by atoms with Crippen LogP contribution >= 0.6 is 7.82 Å². The van der Waals surface area contributed by atoms with Crippen LogP contribution in [0.2, 0.25) is 0 Å². The van der Waals surface area contributed by atoms with Crippen molar-refractivity contribution in [3.05, 3.63) is 32.6 Å². The molecule has 1 aromatic rings. The molecule has 0 radical (unpaired) electrons. The smallest absolute Gasteiger partial charge is 0.391 e. The zero-order valence-electron chi connectivity index (χ0n) is 11.2. The number of aromatic amines is 1. The van der Waals surface area contributed by atoms with Crippen LogP contribution in [0.3, 0.4) is 0 Å². The number of ether oxygens (including phenoxy) is 1. The second-order valence-corrected chi connectivity index (χ2v) is 5.94. The highest BCUT2D eigenvalue weighted by Crippen LogP contribution is 2.38. The van der Waals surface area contributed by atoms with Gasteiger partial charge in [0.25, 0.3) is 5.56 Å². The highest BCUT2D eigenvalue weighted by Gasteiger charge is 2.37. The van der Waals surface area contributed by atoms with E-state index in [4.69, 9.17) is 19.6 Å². The van der Waals surface area contributed by atoms with Crippen molar-refractivity contribution in [2.75, 3.05) is 6.61 Å². The number of hydrogen-bond acceptors (Lipinski definition) is 7. The molecule has 12 heteroatoms. The Bertz CT molecular complexity index is 692. The van der Waals surface area contributed by atoms with Gasteiger partial charge in [0.2, 0.25) is 0 Å². The van der Waals surface area contributed by atoms with Crippen LogP contribution in [0, 0.1) is 0 Å². The fourth-order valence-corrected chi connectivity index (χ4v) is 2.40. The van der Waals surface area contributed by atoms with Crippen LogP contribution in [0.4, 0.5) is 0 Å². The van der Waals surface area contributed by atoms with E-state index in [-0.39, 0.29) is 12.0 Å². The van der Waals surface area contributed by atoms with E-state index < -0.39 is 50.7 Å². The van der Waals surface area contributed by atoms with E-state index >= 15 is 0 Å². The Hall–Kier alpha value is -1.33. The Morgan fingerprint density at radius 3 is 2.73 bits per heavy atom. The summed E-state index contributed by atoms with van der Waals surface area (Å²) in [5, 5.41) is 18.8. The summed E-state index contributed by atoms with van der Waals surface area (Å²) in [4.78, 5) is 42.3. The van der Waals surface area contributed by atoms with E-state index in [1.54, 1.807) is 0 Å². The summed E-state index contributed by atoms with van der Waals surface area (Å²) >= 11 is 0. The SMILES string of the molecule is O=c1[nH]c(=O)n([C@@H]2C[C@H](O)[C@@H](COP(=O)(O)O)O2)cc1CO. The molecule has 0 aromatic carbocycles. The zero-order chi connectivity index (χ0) is 16.5. The first-order valence-corrected chi connectivity index (χ1v) is 7.73. The molecule has 0 aliphatic carbocycles. The van der Waals surface area contributed by atoms with Gasteiger partial charge >= 0.3 is 13.5 Å². The monoisotopic (exact) mass is 338 g/mol. The van der Waals surface area contributed by atoms with Gasteiger partial charge in [-0.05, 0) is 0 Å². The van der Waals surface area contributed by atoms with Gasteiger partial charge in [0, 0.05) is 12.6 Å². The summed E-state index contributed by atoms with van der Waals surface area (Å²) in [7, 11) is -4.71. The second-order valence-electron chi connectivity index (χ2n) is 4.70. The fraction of sp³-hybridized carbons (Fsp3) is 0.600. The lowest BCUT2D eigenvalue weighted by molar-refractivity contribution is -0.0452. The number of hydrogen-bond donors (Lipinski definition) is 5. The normalized spacial score (nSPS) is 25.5. The largest absolute Gasteiger partial charge is 0.469 e. The number of phosphoric ester groups is 1. The summed E-state index contributed by atoms with van der Waals surface area (Å²) in [5.74, 6) is 0. The molecule has 3 atom stereocenters. The molecule has 5 N–H and O–H groups in total. The minimum Gasteiger partial charge on any atom is -0.391 e. The molecule has 0 amide bonds. The summed E-state index contributed by atoms with van der Waals surface area (Å²) in [5.41, 5.74) is -1.59. The van der Waals surface area contributed by atoms with Crippen molar-refractivity contribution < 1.29 is 33.8 Å². The molecule has 0 unspecified atom stereocenters. The molecular weight excluding hydrogens is 323 g/mol. The lowest BCUT2D eigenvalue weighted by Crippen LogP contribution is -2.34. The molecule has 2 rings (SSSR count). The molecule has 0 saturated carbocycles. The fourth-order valence-electron chi connectivity index (χ4n) is 2.06. The van der Waals surface area contributed by atoms with Crippen molar-refractivity contribution in [1.29, 1.82) is 0 Å². The molecule has 1 fully saturated rings.